The Morgan fingerprint density at radius 3 is 2.54 bits per heavy atom. The van der Waals surface area contributed by atoms with Crippen molar-refractivity contribution in [3.05, 3.63) is 41.5 Å². The molecule has 2 amide bonds. The number of primary amides is 1. The maximum Gasteiger partial charge on any atom is 0.254 e. The van der Waals surface area contributed by atoms with E-state index >= 15 is 0 Å². The van der Waals surface area contributed by atoms with Crippen molar-refractivity contribution in [3.63, 3.8) is 0 Å². The molecule has 1 heterocycles. The highest BCUT2D eigenvalue weighted by Crippen LogP contribution is 2.38. The van der Waals surface area contributed by atoms with Crippen LogP contribution in [0.1, 0.15) is 48.5 Å². The number of aliphatic hydroxyl groups is 1. The minimum atomic E-state index is -0.535. The predicted molar refractivity (Wildman–Crippen MR) is 94.2 cm³/mol. The fourth-order valence-electron chi connectivity index (χ4n) is 3.38. The number of hydrogen-bond acceptors (Lipinski definition) is 3. The zero-order valence-corrected chi connectivity index (χ0v) is 14.2. The van der Waals surface area contributed by atoms with Gasteiger partial charge in [-0.15, -0.1) is 0 Å². The molecule has 0 bridgehead atoms. The average Bonchev–Trinajstić information content (AvgIpc) is 2.60. The van der Waals surface area contributed by atoms with Gasteiger partial charge in [0.2, 0.25) is 5.91 Å². The van der Waals surface area contributed by atoms with Gasteiger partial charge in [-0.1, -0.05) is 31.5 Å². The fourth-order valence-corrected chi connectivity index (χ4v) is 3.38. The highest BCUT2D eigenvalue weighted by molar-refractivity contribution is 5.99. The number of carbonyl (C=O) groups is 2. The van der Waals surface area contributed by atoms with E-state index in [0.717, 1.165) is 25.7 Å². The lowest BCUT2D eigenvalue weighted by Gasteiger charge is -2.41. The summed E-state index contributed by atoms with van der Waals surface area (Å²) in [5, 5.41) is 9.28. The van der Waals surface area contributed by atoms with Gasteiger partial charge in [0.05, 0.1) is 0 Å². The number of rotatable bonds is 6. The molecule has 1 aliphatic heterocycles. The number of benzene rings is 1. The molecular weight excluding hydrogens is 304 g/mol. The van der Waals surface area contributed by atoms with Crippen LogP contribution in [0.2, 0.25) is 0 Å². The molecule has 0 saturated carbocycles. The lowest BCUT2D eigenvalue weighted by Crippen LogP contribution is -2.43. The Morgan fingerprint density at radius 1 is 1.29 bits per heavy atom. The quantitative estimate of drug-likeness (QED) is 0.784. The van der Waals surface area contributed by atoms with Crippen LogP contribution in [0.25, 0.3) is 6.08 Å². The number of piperidine rings is 1. The van der Waals surface area contributed by atoms with E-state index in [2.05, 4.69) is 6.92 Å². The van der Waals surface area contributed by atoms with E-state index in [1.54, 1.807) is 18.2 Å². The van der Waals surface area contributed by atoms with Gasteiger partial charge in [-0.25, -0.2) is 0 Å². The molecule has 0 unspecified atom stereocenters. The van der Waals surface area contributed by atoms with Gasteiger partial charge in [-0.05, 0) is 42.4 Å². The van der Waals surface area contributed by atoms with Gasteiger partial charge < -0.3 is 15.7 Å². The van der Waals surface area contributed by atoms with Crippen molar-refractivity contribution in [2.45, 2.75) is 32.6 Å². The molecule has 130 valence electrons. The lowest BCUT2D eigenvalue weighted by molar-refractivity contribution is -0.113. The van der Waals surface area contributed by atoms with Crippen molar-refractivity contribution in [2.75, 3.05) is 19.7 Å². The molecule has 0 radical (unpaired) electrons. The molecule has 1 aromatic rings. The molecule has 1 saturated heterocycles. The highest BCUT2D eigenvalue weighted by Gasteiger charge is 2.34. The van der Waals surface area contributed by atoms with Crippen LogP contribution < -0.4 is 5.73 Å². The van der Waals surface area contributed by atoms with Crippen LogP contribution in [-0.2, 0) is 4.79 Å². The molecule has 5 nitrogen and oxygen atoms in total. The second-order valence-corrected chi connectivity index (χ2v) is 6.44. The molecule has 0 aromatic heterocycles. The molecule has 3 N–H and O–H groups in total. The van der Waals surface area contributed by atoms with Crippen molar-refractivity contribution in [1.82, 2.24) is 4.90 Å². The van der Waals surface area contributed by atoms with E-state index in [0.29, 0.717) is 24.2 Å². The number of nitrogens with two attached hydrogens (primary N) is 1. The van der Waals surface area contributed by atoms with E-state index in [-0.39, 0.29) is 17.9 Å². The Kier molecular flexibility index (Phi) is 6.15. The number of aliphatic hydroxyl groups excluding tert-OH is 1. The Morgan fingerprint density at radius 2 is 1.96 bits per heavy atom. The summed E-state index contributed by atoms with van der Waals surface area (Å²) in [5.41, 5.74) is 6.57. The number of likely N-dealkylation sites (tertiary alicyclic amines) is 1. The summed E-state index contributed by atoms with van der Waals surface area (Å²) < 4.78 is 0. The van der Waals surface area contributed by atoms with Gasteiger partial charge in [-0.2, -0.15) is 0 Å². The lowest BCUT2D eigenvalue weighted by atomic mass is 9.74. The first-order valence-electron chi connectivity index (χ1n) is 8.48. The first kappa shape index (κ1) is 18.2. The molecule has 1 aliphatic rings. The number of hydrogen-bond donors (Lipinski definition) is 2. The standard InChI is InChI=1S/C19H26N2O3/c1-2-19(11-14-22)9-12-21(13-10-19)18(24)16-6-4-3-5-15(16)7-8-17(20)23/h3-8,22H,2,9-14H2,1H3,(H2,20,23)/b8-7+. The summed E-state index contributed by atoms with van der Waals surface area (Å²) in [6, 6.07) is 7.23. The minimum Gasteiger partial charge on any atom is -0.396 e. The van der Waals surface area contributed by atoms with Crippen LogP contribution in [0.5, 0.6) is 0 Å². The monoisotopic (exact) mass is 330 g/mol. The van der Waals surface area contributed by atoms with Gasteiger partial charge in [0.15, 0.2) is 0 Å². The van der Waals surface area contributed by atoms with Crippen LogP contribution in [0.15, 0.2) is 30.3 Å². The summed E-state index contributed by atoms with van der Waals surface area (Å²) in [6.45, 7) is 3.74. The molecule has 1 fully saturated rings. The van der Waals surface area contributed by atoms with Crippen molar-refractivity contribution in [1.29, 1.82) is 0 Å². The van der Waals surface area contributed by atoms with Crippen molar-refractivity contribution < 1.29 is 14.7 Å². The summed E-state index contributed by atoms with van der Waals surface area (Å²) in [4.78, 5) is 25.7. The van der Waals surface area contributed by atoms with Gasteiger partial charge in [-0.3, -0.25) is 9.59 Å². The second kappa shape index (κ2) is 8.11. The molecule has 1 aromatic carbocycles. The van der Waals surface area contributed by atoms with Crippen LogP contribution in [0.4, 0.5) is 0 Å². The maximum atomic E-state index is 12.8. The first-order valence-corrected chi connectivity index (χ1v) is 8.48. The molecule has 24 heavy (non-hydrogen) atoms. The normalized spacial score (nSPS) is 17.2. The number of amides is 2. The molecule has 5 heteroatoms. The summed E-state index contributed by atoms with van der Waals surface area (Å²) in [5.74, 6) is -0.555. The number of nitrogens with zero attached hydrogens (tertiary/aromatic N) is 1. The molecule has 0 aliphatic carbocycles. The smallest absolute Gasteiger partial charge is 0.254 e. The van der Waals surface area contributed by atoms with Crippen LogP contribution >= 0.6 is 0 Å². The van der Waals surface area contributed by atoms with Gasteiger partial charge in [0.1, 0.15) is 0 Å². The molecule has 0 atom stereocenters. The SMILES string of the molecule is CCC1(CCO)CCN(C(=O)c2ccccc2/C=C/C(N)=O)CC1. The molecule has 0 spiro atoms. The predicted octanol–water partition coefficient (Wildman–Crippen LogP) is 2.20. The van der Waals surface area contributed by atoms with E-state index in [9.17, 15) is 14.7 Å². The van der Waals surface area contributed by atoms with Crippen molar-refractivity contribution >= 4 is 17.9 Å². The van der Waals surface area contributed by atoms with Gasteiger partial charge in [0.25, 0.3) is 5.91 Å². The highest BCUT2D eigenvalue weighted by atomic mass is 16.3. The van der Waals surface area contributed by atoms with Gasteiger partial charge in [0, 0.05) is 31.3 Å². The van der Waals surface area contributed by atoms with Crippen LogP contribution in [0.3, 0.4) is 0 Å². The Bertz CT molecular complexity index is 617. The van der Waals surface area contributed by atoms with E-state index < -0.39 is 5.91 Å². The third kappa shape index (κ3) is 4.23. The maximum absolute atomic E-state index is 12.8. The van der Waals surface area contributed by atoms with E-state index in [4.69, 9.17) is 5.73 Å². The van der Waals surface area contributed by atoms with Crippen molar-refractivity contribution in [3.8, 4) is 0 Å². The zero-order chi connectivity index (χ0) is 17.6. The third-order valence-electron chi connectivity index (χ3n) is 5.12. The van der Waals surface area contributed by atoms with E-state index in [1.807, 2.05) is 17.0 Å². The molecular formula is C19H26N2O3. The first-order chi connectivity index (χ1) is 11.5. The zero-order valence-electron chi connectivity index (χ0n) is 14.2. The Hall–Kier alpha value is -2.14. The van der Waals surface area contributed by atoms with Crippen molar-refractivity contribution in [2.24, 2.45) is 11.1 Å². The average molecular weight is 330 g/mol. The largest absolute Gasteiger partial charge is 0.396 e. The fraction of sp³-hybridized carbons (Fsp3) is 0.474. The Balaban J connectivity index is 2.12. The minimum absolute atomic E-state index is 0.0200. The molecule has 2 rings (SSSR count). The summed E-state index contributed by atoms with van der Waals surface area (Å²) in [7, 11) is 0. The van der Waals surface area contributed by atoms with Crippen LogP contribution in [0, 0.1) is 5.41 Å². The summed E-state index contributed by atoms with van der Waals surface area (Å²) in [6.07, 6.45) is 6.49. The van der Waals surface area contributed by atoms with E-state index in [1.165, 1.54) is 6.08 Å². The topological polar surface area (TPSA) is 83.6 Å². The number of carbonyl (C=O) groups excluding carboxylic acids is 2. The van der Waals surface area contributed by atoms with Gasteiger partial charge >= 0.3 is 0 Å². The van der Waals surface area contributed by atoms with Crippen LogP contribution in [-0.4, -0.2) is 41.5 Å². The third-order valence-corrected chi connectivity index (χ3v) is 5.12. The Labute approximate surface area is 143 Å². The second-order valence-electron chi connectivity index (χ2n) is 6.44. The summed E-state index contributed by atoms with van der Waals surface area (Å²) >= 11 is 0.